The fraction of sp³-hybridized carbons (Fsp3) is 0.357. The van der Waals surface area contributed by atoms with Crippen molar-refractivity contribution in [1.82, 2.24) is 9.78 Å². The van der Waals surface area contributed by atoms with E-state index in [9.17, 15) is 4.39 Å². The first-order chi connectivity index (χ1) is 8.69. The van der Waals surface area contributed by atoms with Crippen molar-refractivity contribution in [3.63, 3.8) is 0 Å². The van der Waals surface area contributed by atoms with E-state index in [0.29, 0.717) is 6.42 Å². The Morgan fingerprint density at radius 1 is 1.44 bits per heavy atom. The number of hydrogen-bond acceptors (Lipinski definition) is 2. The zero-order chi connectivity index (χ0) is 13.0. The van der Waals surface area contributed by atoms with Crippen molar-refractivity contribution in [2.24, 2.45) is 5.73 Å². The van der Waals surface area contributed by atoms with Gasteiger partial charge in [0, 0.05) is 24.3 Å². The van der Waals surface area contributed by atoms with E-state index in [-0.39, 0.29) is 11.9 Å². The lowest BCUT2D eigenvalue weighted by molar-refractivity contribution is 0.600. The van der Waals surface area contributed by atoms with Crippen LogP contribution in [-0.4, -0.2) is 9.78 Å². The van der Waals surface area contributed by atoms with E-state index >= 15 is 0 Å². The lowest BCUT2D eigenvalue weighted by Crippen LogP contribution is -2.12. The van der Waals surface area contributed by atoms with E-state index in [1.54, 1.807) is 12.3 Å². The van der Waals surface area contributed by atoms with Gasteiger partial charge in [0.25, 0.3) is 0 Å². The third-order valence-electron chi connectivity index (χ3n) is 2.88. The second-order valence-corrected chi connectivity index (χ2v) is 4.48. The maximum Gasteiger partial charge on any atom is 0.123 e. The molecule has 96 valence electrons. The minimum atomic E-state index is -0.221. The molecule has 1 unspecified atom stereocenters. The van der Waals surface area contributed by atoms with Crippen molar-refractivity contribution in [2.45, 2.75) is 32.4 Å². The third-order valence-corrected chi connectivity index (χ3v) is 2.88. The Kier molecular flexibility index (Phi) is 4.10. The van der Waals surface area contributed by atoms with Crippen LogP contribution in [0.4, 0.5) is 4.39 Å². The molecule has 2 N–H and O–H groups in total. The van der Waals surface area contributed by atoms with Gasteiger partial charge in [-0.2, -0.15) is 5.10 Å². The summed E-state index contributed by atoms with van der Waals surface area (Å²) in [5.41, 5.74) is 8.01. The number of nitrogens with zero attached hydrogens (tertiary/aromatic N) is 2. The summed E-state index contributed by atoms with van der Waals surface area (Å²) < 4.78 is 15.0. The molecule has 2 rings (SSSR count). The summed E-state index contributed by atoms with van der Waals surface area (Å²) >= 11 is 0. The number of aryl methyl sites for hydroxylation is 1. The molecule has 0 aliphatic heterocycles. The molecule has 0 radical (unpaired) electrons. The van der Waals surface area contributed by atoms with Crippen molar-refractivity contribution >= 4 is 0 Å². The van der Waals surface area contributed by atoms with Crippen LogP contribution in [0.3, 0.4) is 0 Å². The van der Waals surface area contributed by atoms with Gasteiger partial charge in [0.2, 0.25) is 0 Å². The van der Waals surface area contributed by atoms with Crippen LogP contribution < -0.4 is 5.73 Å². The molecule has 1 atom stereocenters. The highest BCUT2D eigenvalue weighted by Gasteiger charge is 2.10. The summed E-state index contributed by atoms with van der Waals surface area (Å²) in [6, 6.07) is 6.42. The number of rotatable bonds is 5. The largest absolute Gasteiger partial charge is 0.324 e. The summed E-state index contributed by atoms with van der Waals surface area (Å²) in [5, 5.41) is 4.25. The second-order valence-electron chi connectivity index (χ2n) is 4.48. The van der Waals surface area contributed by atoms with Gasteiger partial charge in [0.15, 0.2) is 0 Å². The topological polar surface area (TPSA) is 43.8 Å². The van der Waals surface area contributed by atoms with E-state index in [0.717, 1.165) is 24.1 Å². The number of aromatic nitrogens is 2. The van der Waals surface area contributed by atoms with E-state index in [2.05, 4.69) is 12.0 Å². The molecule has 1 heterocycles. The average molecular weight is 247 g/mol. The van der Waals surface area contributed by atoms with E-state index in [1.807, 2.05) is 16.9 Å². The number of nitrogens with two attached hydrogens (primary N) is 1. The Morgan fingerprint density at radius 2 is 2.28 bits per heavy atom. The Balaban J connectivity index is 2.04. The predicted octanol–water partition coefficient (Wildman–Crippen LogP) is 2.67. The van der Waals surface area contributed by atoms with Crippen LogP contribution >= 0.6 is 0 Å². The maximum absolute atomic E-state index is 13.1. The van der Waals surface area contributed by atoms with Crippen LogP contribution in [0.2, 0.25) is 0 Å². The van der Waals surface area contributed by atoms with Gasteiger partial charge in [-0.1, -0.05) is 19.1 Å². The molecule has 0 aliphatic rings. The molecule has 1 aromatic heterocycles. The zero-order valence-corrected chi connectivity index (χ0v) is 10.5. The lowest BCUT2D eigenvalue weighted by Gasteiger charge is -2.09. The monoisotopic (exact) mass is 247 g/mol. The second kappa shape index (κ2) is 5.78. The predicted molar refractivity (Wildman–Crippen MR) is 69.6 cm³/mol. The van der Waals surface area contributed by atoms with Gasteiger partial charge in [-0.05, 0) is 30.5 Å². The minimum absolute atomic E-state index is 0.141. The van der Waals surface area contributed by atoms with Crippen molar-refractivity contribution in [3.8, 4) is 0 Å². The van der Waals surface area contributed by atoms with Gasteiger partial charge in [0.1, 0.15) is 5.82 Å². The fourth-order valence-corrected chi connectivity index (χ4v) is 1.96. The Hall–Kier alpha value is -1.68. The summed E-state index contributed by atoms with van der Waals surface area (Å²) in [7, 11) is 0. The molecule has 18 heavy (non-hydrogen) atoms. The summed E-state index contributed by atoms with van der Waals surface area (Å²) in [4.78, 5) is 0. The number of hydrogen-bond donors (Lipinski definition) is 1. The molecule has 1 aromatic carbocycles. The fourth-order valence-electron chi connectivity index (χ4n) is 1.96. The van der Waals surface area contributed by atoms with Gasteiger partial charge in [-0.15, -0.1) is 0 Å². The SMILES string of the molecule is CCCn1cc(C(N)Cc2cccc(F)c2)cn1. The standard InChI is InChI=1S/C14H18FN3/c1-2-6-18-10-12(9-17-18)14(16)8-11-4-3-5-13(15)7-11/h3-5,7,9-10,14H,2,6,8,16H2,1H3. The van der Waals surface area contributed by atoms with E-state index in [4.69, 9.17) is 5.73 Å². The van der Waals surface area contributed by atoms with Crippen LogP contribution in [0.1, 0.15) is 30.5 Å². The van der Waals surface area contributed by atoms with Crippen LogP contribution in [0.25, 0.3) is 0 Å². The highest BCUT2D eigenvalue weighted by molar-refractivity contribution is 5.20. The van der Waals surface area contributed by atoms with E-state index in [1.165, 1.54) is 12.1 Å². The molecule has 0 saturated carbocycles. The molecule has 4 heteroatoms. The molecule has 0 amide bonds. The van der Waals surface area contributed by atoms with Crippen LogP contribution in [0.15, 0.2) is 36.7 Å². The van der Waals surface area contributed by atoms with Gasteiger partial charge in [-0.25, -0.2) is 4.39 Å². The minimum Gasteiger partial charge on any atom is -0.324 e. The molecule has 2 aromatic rings. The summed E-state index contributed by atoms with van der Waals surface area (Å²) in [6.07, 6.45) is 5.42. The molecular formula is C14H18FN3. The van der Waals surface area contributed by atoms with Crippen molar-refractivity contribution in [1.29, 1.82) is 0 Å². The van der Waals surface area contributed by atoms with Crippen LogP contribution in [-0.2, 0) is 13.0 Å². The van der Waals surface area contributed by atoms with Gasteiger partial charge in [0.05, 0.1) is 6.20 Å². The first kappa shape index (κ1) is 12.8. The molecule has 3 nitrogen and oxygen atoms in total. The quantitative estimate of drug-likeness (QED) is 0.882. The molecule has 0 aliphatic carbocycles. The Labute approximate surface area is 106 Å². The highest BCUT2D eigenvalue weighted by Crippen LogP contribution is 2.16. The molecule has 0 spiro atoms. The number of benzene rings is 1. The van der Waals surface area contributed by atoms with Crippen molar-refractivity contribution in [3.05, 3.63) is 53.6 Å². The highest BCUT2D eigenvalue weighted by atomic mass is 19.1. The first-order valence-corrected chi connectivity index (χ1v) is 6.21. The molecular weight excluding hydrogens is 229 g/mol. The van der Waals surface area contributed by atoms with Crippen molar-refractivity contribution in [2.75, 3.05) is 0 Å². The van der Waals surface area contributed by atoms with Gasteiger partial charge in [-0.3, -0.25) is 4.68 Å². The molecule has 0 fully saturated rings. The molecule has 0 bridgehead atoms. The summed E-state index contributed by atoms with van der Waals surface area (Å²) in [6.45, 7) is 3.00. The summed E-state index contributed by atoms with van der Waals surface area (Å²) in [5.74, 6) is -0.221. The van der Waals surface area contributed by atoms with Crippen LogP contribution in [0.5, 0.6) is 0 Å². The van der Waals surface area contributed by atoms with Gasteiger partial charge < -0.3 is 5.73 Å². The van der Waals surface area contributed by atoms with Gasteiger partial charge >= 0.3 is 0 Å². The smallest absolute Gasteiger partial charge is 0.123 e. The molecule has 0 saturated heterocycles. The Morgan fingerprint density at radius 3 is 3.00 bits per heavy atom. The normalized spacial score (nSPS) is 12.6. The number of halogens is 1. The Bertz CT molecular complexity index is 507. The van der Waals surface area contributed by atoms with E-state index < -0.39 is 0 Å². The zero-order valence-electron chi connectivity index (χ0n) is 10.5. The third kappa shape index (κ3) is 3.17. The average Bonchev–Trinajstić information content (AvgIpc) is 2.78. The van der Waals surface area contributed by atoms with Crippen LogP contribution in [0, 0.1) is 5.82 Å². The maximum atomic E-state index is 13.1. The van der Waals surface area contributed by atoms with Crippen molar-refractivity contribution < 1.29 is 4.39 Å². The lowest BCUT2D eigenvalue weighted by atomic mass is 10.0. The first-order valence-electron chi connectivity index (χ1n) is 6.21.